The maximum atomic E-state index is 6.84. The third kappa shape index (κ3) is 5.36. The van der Waals surface area contributed by atoms with Crippen molar-refractivity contribution < 1.29 is 4.42 Å². The summed E-state index contributed by atoms with van der Waals surface area (Å²) in [6.45, 7) is 0. The highest BCUT2D eigenvalue weighted by molar-refractivity contribution is 6.25. The molecule has 3 nitrogen and oxygen atoms in total. The fraction of sp³-hybridized carbons (Fsp3) is 0. The third-order valence-electron chi connectivity index (χ3n) is 11.9. The Morgan fingerprint density at radius 3 is 1.80 bits per heavy atom. The fourth-order valence-corrected chi connectivity index (χ4v) is 9.29. The van der Waals surface area contributed by atoms with Gasteiger partial charge in [0, 0.05) is 44.3 Å². The number of hydrogen-bond acceptors (Lipinski definition) is 2. The molecule has 2 heterocycles. The van der Waals surface area contributed by atoms with Crippen molar-refractivity contribution in [3.8, 4) is 27.9 Å². The van der Waals surface area contributed by atoms with Crippen LogP contribution in [0.2, 0.25) is 0 Å². The molecule has 0 spiro atoms. The Labute approximate surface area is 341 Å². The number of anilines is 3. The van der Waals surface area contributed by atoms with Crippen molar-refractivity contribution >= 4 is 82.4 Å². The van der Waals surface area contributed by atoms with Gasteiger partial charge in [-0.05, 0) is 117 Å². The molecule has 0 saturated heterocycles. The first-order chi connectivity index (χ1) is 29.3. The number of nitrogens with zero attached hydrogens (tertiary/aromatic N) is 2. The van der Waals surface area contributed by atoms with Crippen LogP contribution in [0.25, 0.3) is 93.2 Å². The number of aromatic nitrogens is 1. The first-order valence-corrected chi connectivity index (χ1v) is 20.2. The lowest BCUT2D eigenvalue weighted by Gasteiger charge is -2.26. The molecule has 0 aliphatic carbocycles. The van der Waals surface area contributed by atoms with E-state index in [9.17, 15) is 0 Å². The van der Waals surface area contributed by atoms with Gasteiger partial charge in [0.05, 0.1) is 11.0 Å². The number of hydrogen-bond donors (Lipinski definition) is 0. The van der Waals surface area contributed by atoms with Crippen molar-refractivity contribution in [1.82, 2.24) is 4.57 Å². The summed E-state index contributed by atoms with van der Waals surface area (Å²) < 4.78 is 9.22. The van der Waals surface area contributed by atoms with Crippen molar-refractivity contribution in [3.63, 3.8) is 0 Å². The molecule has 0 aliphatic rings. The van der Waals surface area contributed by atoms with E-state index in [2.05, 4.69) is 228 Å². The molecule has 0 amide bonds. The lowest BCUT2D eigenvalue weighted by molar-refractivity contribution is 0.669. The highest BCUT2D eigenvalue weighted by Gasteiger charge is 2.21. The van der Waals surface area contributed by atoms with Gasteiger partial charge in [-0.2, -0.15) is 0 Å². The second kappa shape index (κ2) is 13.4. The van der Waals surface area contributed by atoms with Crippen LogP contribution in [0.1, 0.15) is 0 Å². The van der Waals surface area contributed by atoms with Crippen LogP contribution in [0.15, 0.2) is 223 Å². The highest BCUT2D eigenvalue weighted by atomic mass is 16.3. The summed E-state index contributed by atoms with van der Waals surface area (Å²) in [4.78, 5) is 2.36. The van der Waals surface area contributed by atoms with E-state index in [0.717, 1.165) is 50.3 Å². The van der Waals surface area contributed by atoms with Crippen molar-refractivity contribution in [3.05, 3.63) is 218 Å². The van der Waals surface area contributed by atoms with E-state index in [1.807, 2.05) is 0 Å². The van der Waals surface area contributed by atoms with Gasteiger partial charge in [0.1, 0.15) is 11.2 Å². The average Bonchev–Trinajstić information content (AvgIpc) is 3.85. The Morgan fingerprint density at radius 2 is 0.966 bits per heavy atom. The molecular formula is C56H36N2O. The van der Waals surface area contributed by atoms with Gasteiger partial charge >= 0.3 is 0 Å². The van der Waals surface area contributed by atoms with Gasteiger partial charge in [0.2, 0.25) is 0 Å². The van der Waals surface area contributed by atoms with Gasteiger partial charge in [-0.15, -0.1) is 0 Å². The zero-order chi connectivity index (χ0) is 38.9. The molecule has 12 rings (SSSR count). The fourth-order valence-electron chi connectivity index (χ4n) is 9.29. The summed E-state index contributed by atoms with van der Waals surface area (Å²) in [7, 11) is 0. The molecule has 2 aromatic heterocycles. The summed E-state index contributed by atoms with van der Waals surface area (Å²) in [5.41, 5.74) is 13.2. The predicted molar refractivity (Wildman–Crippen MR) is 249 cm³/mol. The van der Waals surface area contributed by atoms with Gasteiger partial charge in [0.15, 0.2) is 0 Å². The molecule has 0 N–H and O–H groups in total. The molecule has 3 heteroatoms. The van der Waals surface area contributed by atoms with E-state index in [1.165, 1.54) is 60.0 Å². The normalized spacial score (nSPS) is 11.7. The Bertz CT molecular complexity index is 3540. The summed E-state index contributed by atoms with van der Waals surface area (Å²) in [5.74, 6) is 0. The minimum atomic E-state index is 0.864. The van der Waals surface area contributed by atoms with Crippen LogP contribution in [0, 0.1) is 0 Å². The van der Waals surface area contributed by atoms with Crippen LogP contribution in [-0.4, -0.2) is 4.57 Å². The maximum absolute atomic E-state index is 6.84. The molecule has 0 atom stereocenters. The van der Waals surface area contributed by atoms with E-state index in [0.29, 0.717) is 0 Å². The molecular weight excluding hydrogens is 717 g/mol. The van der Waals surface area contributed by atoms with E-state index >= 15 is 0 Å². The minimum Gasteiger partial charge on any atom is -0.456 e. The van der Waals surface area contributed by atoms with Gasteiger partial charge < -0.3 is 13.9 Å². The second-order valence-corrected chi connectivity index (χ2v) is 15.3. The van der Waals surface area contributed by atoms with Crippen LogP contribution >= 0.6 is 0 Å². The van der Waals surface area contributed by atoms with Gasteiger partial charge in [-0.25, -0.2) is 0 Å². The maximum Gasteiger partial charge on any atom is 0.136 e. The van der Waals surface area contributed by atoms with Gasteiger partial charge in [-0.3, -0.25) is 0 Å². The van der Waals surface area contributed by atoms with Crippen molar-refractivity contribution in [2.24, 2.45) is 0 Å². The summed E-state index contributed by atoms with van der Waals surface area (Å²) >= 11 is 0. The van der Waals surface area contributed by atoms with E-state index in [1.54, 1.807) is 0 Å². The SMILES string of the molecule is c1ccc(-c2ccc(N(c3ccc4ccccc4c3)c3ccc4oc5cc(-c6cccc7c6c6ccccc6n7-c6ccccc6)c6ccccc6c5c4c3)cc2)cc1. The molecule has 0 unspecified atom stereocenters. The lowest BCUT2D eigenvalue weighted by Crippen LogP contribution is -2.09. The molecule has 0 fully saturated rings. The zero-order valence-corrected chi connectivity index (χ0v) is 32.1. The van der Waals surface area contributed by atoms with Crippen molar-refractivity contribution in [1.29, 1.82) is 0 Å². The van der Waals surface area contributed by atoms with Crippen LogP contribution in [0.3, 0.4) is 0 Å². The smallest absolute Gasteiger partial charge is 0.136 e. The summed E-state index contributed by atoms with van der Waals surface area (Å²) in [6.07, 6.45) is 0. The lowest BCUT2D eigenvalue weighted by atomic mass is 9.92. The van der Waals surface area contributed by atoms with Gasteiger partial charge in [-0.1, -0.05) is 146 Å². The number of para-hydroxylation sites is 2. The standard InChI is InChI=1S/C56H36N2O/c1-3-14-37(15-4-1)39-26-29-42(30-27-39)57(43-31-28-38-16-7-8-17-40(38)34-43)44-32-33-53-50(35-44)56-46-21-10-9-20-45(46)49(36-54(56)59-53)47-23-13-25-52-55(47)48-22-11-12-24-51(48)58(52)41-18-5-2-6-19-41/h1-36H. The van der Waals surface area contributed by atoms with Crippen molar-refractivity contribution in [2.45, 2.75) is 0 Å². The summed E-state index contributed by atoms with van der Waals surface area (Å²) in [5, 5.41) is 9.46. The Balaban J connectivity index is 1.07. The Kier molecular flexibility index (Phi) is 7.54. The van der Waals surface area contributed by atoms with Crippen LogP contribution in [-0.2, 0) is 0 Å². The van der Waals surface area contributed by atoms with Crippen LogP contribution < -0.4 is 4.90 Å². The quantitative estimate of drug-likeness (QED) is 0.169. The molecule has 12 aromatic rings. The Hall–Kier alpha value is -7.88. The summed E-state index contributed by atoms with van der Waals surface area (Å²) in [6, 6.07) is 78.6. The van der Waals surface area contributed by atoms with E-state index < -0.39 is 0 Å². The largest absolute Gasteiger partial charge is 0.456 e. The van der Waals surface area contributed by atoms with E-state index in [-0.39, 0.29) is 0 Å². The molecule has 10 aromatic carbocycles. The highest BCUT2D eigenvalue weighted by Crippen LogP contribution is 2.46. The Morgan fingerprint density at radius 1 is 0.339 bits per heavy atom. The second-order valence-electron chi connectivity index (χ2n) is 15.3. The third-order valence-corrected chi connectivity index (χ3v) is 11.9. The predicted octanol–water partition coefficient (Wildman–Crippen LogP) is 15.8. The molecule has 0 saturated carbocycles. The number of rotatable bonds is 6. The van der Waals surface area contributed by atoms with Crippen LogP contribution in [0.4, 0.5) is 17.1 Å². The number of benzene rings is 10. The minimum absolute atomic E-state index is 0.864. The molecule has 0 radical (unpaired) electrons. The molecule has 276 valence electrons. The first kappa shape index (κ1) is 33.3. The van der Waals surface area contributed by atoms with E-state index in [4.69, 9.17) is 4.42 Å². The number of furan rings is 1. The average molecular weight is 753 g/mol. The first-order valence-electron chi connectivity index (χ1n) is 20.2. The monoisotopic (exact) mass is 752 g/mol. The topological polar surface area (TPSA) is 21.3 Å². The van der Waals surface area contributed by atoms with Crippen LogP contribution in [0.5, 0.6) is 0 Å². The van der Waals surface area contributed by atoms with Crippen molar-refractivity contribution in [2.75, 3.05) is 4.90 Å². The molecule has 59 heavy (non-hydrogen) atoms. The zero-order valence-electron chi connectivity index (χ0n) is 32.1. The molecule has 0 bridgehead atoms. The molecule has 0 aliphatic heterocycles. The van der Waals surface area contributed by atoms with Gasteiger partial charge in [0.25, 0.3) is 0 Å². The number of fused-ring (bicyclic) bond motifs is 9.